The first-order chi connectivity index (χ1) is 14.2. The molecule has 0 aromatic rings. The van der Waals surface area contributed by atoms with Gasteiger partial charge in [0, 0.05) is 51.9 Å². The maximum atomic E-state index is 12.6. The minimum absolute atomic E-state index is 0.0488. The molecule has 0 aliphatic carbocycles. The average molecular weight is 446 g/mol. The summed E-state index contributed by atoms with van der Waals surface area (Å²) in [5.41, 5.74) is 0. The number of hydrogen-bond acceptors (Lipinski definition) is 5. The predicted octanol–water partition coefficient (Wildman–Crippen LogP) is 1.44. The number of sulfonamides is 1. The fraction of sp³-hybridized carbons (Fsp3) is 0.952. The summed E-state index contributed by atoms with van der Waals surface area (Å²) in [6, 6.07) is 0.589. The number of guanidine groups is 1. The van der Waals surface area contributed by atoms with Gasteiger partial charge >= 0.3 is 0 Å². The van der Waals surface area contributed by atoms with E-state index in [9.17, 15) is 8.42 Å². The van der Waals surface area contributed by atoms with Crippen LogP contribution in [0.4, 0.5) is 0 Å². The Morgan fingerprint density at radius 3 is 2.43 bits per heavy atom. The zero-order valence-corrected chi connectivity index (χ0v) is 20.5. The summed E-state index contributed by atoms with van der Waals surface area (Å²) >= 11 is 0. The predicted molar refractivity (Wildman–Crippen MR) is 123 cm³/mol. The molecule has 2 heterocycles. The van der Waals surface area contributed by atoms with E-state index in [4.69, 9.17) is 9.73 Å². The molecule has 1 atom stereocenters. The van der Waals surface area contributed by atoms with Crippen LogP contribution in [0.1, 0.15) is 47.5 Å². The molecule has 2 aliphatic heterocycles. The van der Waals surface area contributed by atoms with Crippen molar-refractivity contribution in [2.24, 2.45) is 10.9 Å². The maximum absolute atomic E-state index is 12.6. The Morgan fingerprint density at radius 1 is 1.13 bits per heavy atom. The molecule has 9 heteroatoms. The van der Waals surface area contributed by atoms with Crippen molar-refractivity contribution >= 4 is 16.0 Å². The van der Waals surface area contributed by atoms with E-state index in [0.29, 0.717) is 38.1 Å². The van der Waals surface area contributed by atoms with Crippen molar-refractivity contribution in [3.63, 3.8) is 0 Å². The third kappa shape index (κ3) is 7.98. The summed E-state index contributed by atoms with van der Waals surface area (Å²) in [4.78, 5) is 9.67. The monoisotopic (exact) mass is 445 g/mol. The summed E-state index contributed by atoms with van der Waals surface area (Å²) in [6.07, 6.45) is 2.52. The van der Waals surface area contributed by atoms with Crippen LogP contribution in [-0.2, 0) is 14.8 Å². The highest BCUT2D eigenvalue weighted by Crippen LogP contribution is 2.19. The van der Waals surface area contributed by atoms with Crippen LogP contribution in [0.3, 0.4) is 0 Å². The normalized spacial score (nSPS) is 22.8. The number of piperidine rings is 1. The second-order valence-electron chi connectivity index (χ2n) is 8.91. The van der Waals surface area contributed by atoms with Gasteiger partial charge < -0.3 is 19.9 Å². The lowest BCUT2D eigenvalue weighted by Gasteiger charge is -2.37. The third-order valence-electron chi connectivity index (χ3n) is 5.84. The Hall–Kier alpha value is -0.900. The molecule has 2 fully saturated rings. The van der Waals surface area contributed by atoms with E-state index in [1.165, 1.54) is 19.4 Å². The average Bonchev–Trinajstić information content (AvgIpc) is 2.71. The molecule has 8 nitrogen and oxygen atoms in total. The zero-order chi connectivity index (χ0) is 22.1. The molecule has 0 spiro atoms. The lowest BCUT2D eigenvalue weighted by atomic mass is 9.97. The van der Waals surface area contributed by atoms with E-state index in [2.05, 4.69) is 35.9 Å². The highest BCUT2D eigenvalue weighted by atomic mass is 32.2. The molecule has 30 heavy (non-hydrogen) atoms. The topological polar surface area (TPSA) is 77.5 Å². The number of ether oxygens (including phenoxy) is 1. The first-order valence-corrected chi connectivity index (χ1v) is 13.2. The van der Waals surface area contributed by atoms with E-state index < -0.39 is 10.0 Å². The summed E-state index contributed by atoms with van der Waals surface area (Å²) in [5.74, 6) is 1.56. The molecule has 0 radical (unpaired) electrons. The van der Waals surface area contributed by atoms with Gasteiger partial charge in [-0.3, -0.25) is 4.99 Å². The molecule has 2 rings (SSSR count). The van der Waals surface area contributed by atoms with Crippen LogP contribution in [-0.4, -0.2) is 105 Å². The van der Waals surface area contributed by atoms with E-state index in [1.54, 1.807) is 4.31 Å². The first-order valence-electron chi connectivity index (χ1n) is 11.6. The fourth-order valence-electron chi connectivity index (χ4n) is 4.05. The first kappa shape index (κ1) is 25.4. The van der Waals surface area contributed by atoms with Crippen LogP contribution in [0, 0.1) is 5.92 Å². The molecule has 1 unspecified atom stereocenters. The molecular formula is C21H43N5O3S. The van der Waals surface area contributed by atoms with E-state index >= 15 is 0 Å². The quantitative estimate of drug-likeness (QED) is 0.428. The Labute approximate surface area is 184 Å². The van der Waals surface area contributed by atoms with Crippen molar-refractivity contribution in [3.05, 3.63) is 0 Å². The minimum Gasteiger partial charge on any atom is -0.378 e. The van der Waals surface area contributed by atoms with Gasteiger partial charge in [-0.25, -0.2) is 8.42 Å². The zero-order valence-electron chi connectivity index (χ0n) is 19.6. The molecule has 0 saturated carbocycles. The number of hydrogen-bond donors (Lipinski definition) is 1. The van der Waals surface area contributed by atoms with Gasteiger partial charge in [0.15, 0.2) is 5.96 Å². The van der Waals surface area contributed by atoms with Crippen molar-refractivity contribution in [2.75, 3.05) is 64.7 Å². The molecule has 0 amide bonds. The van der Waals surface area contributed by atoms with E-state index in [1.807, 2.05) is 13.8 Å². The van der Waals surface area contributed by atoms with E-state index in [-0.39, 0.29) is 18.5 Å². The number of nitrogens with one attached hydrogen (secondary N) is 1. The Balaban J connectivity index is 1.88. The lowest BCUT2D eigenvalue weighted by Crippen LogP contribution is -2.54. The van der Waals surface area contributed by atoms with Crippen molar-refractivity contribution in [2.45, 2.75) is 59.6 Å². The molecule has 2 aliphatic rings. The molecule has 2 saturated heterocycles. The van der Waals surface area contributed by atoms with Gasteiger partial charge in [-0.1, -0.05) is 0 Å². The smallest absolute Gasteiger partial charge is 0.216 e. The number of aliphatic imine (C=N–C) groups is 1. The molecule has 0 aromatic carbocycles. The number of piperazine rings is 1. The van der Waals surface area contributed by atoms with Crippen LogP contribution in [0.25, 0.3) is 0 Å². The molecule has 0 aromatic heterocycles. The maximum Gasteiger partial charge on any atom is 0.216 e. The van der Waals surface area contributed by atoms with Gasteiger partial charge in [0.25, 0.3) is 0 Å². The molecule has 0 bridgehead atoms. The summed E-state index contributed by atoms with van der Waals surface area (Å²) in [6.45, 7) is 17.0. The molecule has 176 valence electrons. The van der Waals surface area contributed by atoms with Crippen molar-refractivity contribution in [1.29, 1.82) is 0 Å². The molecule has 1 N–H and O–H groups in total. The summed E-state index contributed by atoms with van der Waals surface area (Å²) < 4.78 is 32.1. The summed E-state index contributed by atoms with van der Waals surface area (Å²) in [5, 5.41) is 3.40. The highest BCUT2D eigenvalue weighted by molar-refractivity contribution is 7.89. The van der Waals surface area contributed by atoms with Crippen LogP contribution in [0.2, 0.25) is 0 Å². The van der Waals surface area contributed by atoms with Crippen LogP contribution in [0.5, 0.6) is 0 Å². The van der Waals surface area contributed by atoms with Gasteiger partial charge in [0.05, 0.1) is 18.5 Å². The van der Waals surface area contributed by atoms with Gasteiger partial charge in [-0.15, -0.1) is 0 Å². The Morgan fingerprint density at radius 2 is 1.83 bits per heavy atom. The van der Waals surface area contributed by atoms with Gasteiger partial charge in [-0.05, 0) is 59.9 Å². The Kier molecular flexibility index (Phi) is 10.3. The fourth-order valence-corrected chi connectivity index (χ4v) is 5.34. The van der Waals surface area contributed by atoms with Gasteiger partial charge in [-0.2, -0.15) is 4.31 Å². The van der Waals surface area contributed by atoms with Crippen LogP contribution < -0.4 is 5.32 Å². The van der Waals surface area contributed by atoms with Crippen molar-refractivity contribution in [3.8, 4) is 0 Å². The number of nitrogens with zero attached hydrogens (tertiary/aromatic N) is 4. The van der Waals surface area contributed by atoms with Gasteiger partial charge in [0.1, 0.15) is 0 Å². The molecular weight excluding hydrogens is 402 g/mol. The SMILES string of the molecule is CCNC(=NCC1CCCN(C(C)C)C1)N1CCN(S(=O)(=O)CCOC(C)C)CC1. The van der Waals surface area contributed by atoms with Crippen molar-refractivity contribution in [1.82, 2.24) is 19.4 Å². The minimum atomic E-state index is -3.27. The second kappa shape index (κ2) is 12.2. The van der Waals surface area contributed by atoms with Gasteiger partial charge in [0.2, 0.25) is 10.0 Å². The number of rotatable bonds is 9. The summed E-state index contributed by atoms with van der Waals surface area (Å²) in [7, 11) is -3.27. The lowest BCUT2D eigenvalue weighted by molar-refractivity contribution is 0.0904. The standard InChI is InChI=1S/C21H43N5O3S/c1-6-22-21(23-16-20-8-7-9-25(17-20)18(2)3)24-10-12-26(13-11-24)30(27,28)15-14-29-19(4)5/h18-20H,6-17H2,1-5H3,(H,22,23). The largest absolute Gasteiger partial charge is 0.378 e. The van der Waals surface area contributed by atoms with E-state index in [0.717, 1.165) is 25.6 Å². The number of likely N-dealkylation sites (tertiary alicyclic amines) is 1. The second-order valence-corrected chi connectivity index (χ2v) is 11.0. The third-order valence-corrected chi connectivity index (χ3v) is 7.67. The van der Waals surface area contributed by atoms with Crippen LogP contribution in [0.15, 0.2) is 4.99 Å². The van der Waals surface area contributed by atoms with Crippen LogP contribution >= 0.6 is 0 Å². The Bertz CT molecular complexity index is 631. The van der Waals surface area contributed by atoms with Crippen molar-refractivity contribution < 1.29 is 13.2 Å². The highest BCUT2D eigenvalue weighted by Gasteiger charge is 2.28.